The van der Waals surface area contributed by atoms with Crippen molar-refractivity contribution in [1.29, 1.82) is 0 Å². The van der Waals surface area contributed by atoms with Gasteiger partial charge in [-0.3, -0.25) is 4.79 Å². The molecule has 8 nitrogen and oxygen atoms in total. The van der Waals surface area contributed by atoms with Gasteiger partial charge in [0.25, 0.3) is 0 Å². The molecule has 1 atom stereocenters. The summed E-state index contributed by atoms with van der Waals surface area (Å²) in [5.41, 5.74) is 1.24. The van der Waals surface area contributed by atoms with Crippen molar-refractivity contribution in [2.24, 2.45) is 0 Å². The molecule has 1 aliphatic heterocycles. The highest BCUT2D eigenvalue weighted by atomic mass is 32.2. The Labute approximate surface area is 159 Å². The summed E-state index contributed by atoms with van der Waals surface area (Å²) in [5, 5.41) is 11.5. The van der Waals surface area contributed by atoms with Crippen LogP contribution in [0.3, 0.4) is 0 Å². The Bertz CT molecular complexity index is 793. The first-order valence-corrected chi connectivity index (χ1v) is 10.6. The van der Waals surface area contributed by atoms with Gasteiger partial charge in [0.05, 0.1) is 5.75 Å². The summed E-state index contributed by atoms with van der Waals surface area (Å²) in [6.07, 6.45) is 2.55. The van der Waals surface area contributed by atoms with Gasteiger partial charge >= 0.3 is 5.97 Å². The highest BCUT2D eigenvalue weighted by molar-refractivity contribution is 7.89. The van der Waals surface area contributed by atoms with Gasteiger partial charge in [-0.25, -0.2) is 13.2 Å². The number of rotatable bonds is 8. The van der Waals surface area contributed by atoms with Crippen LogP contribution in [0.25, 0.3) is 0 Å². The van der Waals surface area contributed by atoms with Crippen LogP contribution >= 0.6 is 0 Å². The van der Waals surface area contributed by atoms with Crippen LogP contribution < -0.4 is 10.1 Å². The standard InChI is InChI=1S/C18H26N2O6S/c1-3-10-27(24,25)20-9-5-4-6-16(20)18(23)19-15-8-7-14(11-13(15)2)26-12-17(21)22/h7-8,11,16H,3-6,9-10,12H2,1-2H3,(H,19,23)(H,21,22). The van der Waals surface area contributed by atoms with Crippen molar-refractivity contribution in [3.05, 3.63) is 23.8 Å². The minimum Gasteiger partial charge on any atom is -0.482 e. The van der Waals surface area contributed by atoms with E-state index in [0.717, 1.165) is 12.8 Å². The van der Waals surface area contributed by atoms with Crippen LogP contribution in [0.1, 0.15) is 38.2 Å². The number of anilines is 1. The molecule has 1 unspecified atom stereocenters. The molecule has 1 aliphatic rings. The van der Waals surface area contributed by atoms with E-state index in [1.165, 1.54) is 4.31 Å². The molecule has 0 spiro atoms. The summed E-state index contributed by atoms with van der Waals surface area (Å²) in [6.45, 7) is 3.47. The molecular weight excluding hydrogens is 372 g/mol. The predicted octanol–water partition coefficient (Wildman–Crippen LogP) is 1.99. The van der Waals surface area contributed by atoms with Gasteiger partial charge in [0.15, 0.2) is 6.61 Å². The second kappa shape index (κ2) is 9.18. The number of sulfonamides is 1. The molecule has 1 aromatic rings. The highest BCUT2D eigenvalue weighted by Gasteiger charge is 2.36. The van der Waals surface area contributed by atoms with Gasteiger partial charge in [-0.15, -0.1) is 0 Å². The Hall–Kier alpha value is -2.13. The van der Waals surface area contributed by atoms with Gasteiger partial charge < -0.3 is 15.2 Å². The maximum atomic E-state index is 12.8. The number of piperidine rings is 1. The molecular formula is C18H26N2O6S. The summed E-state index contributed by atoms with van der Waals surface area (Å²) < 4.78 is 31.4. The van der Waals surface area contributed by atoms with Crippen LogP contribution in [0.4, 0.5) is 5.69 Å². The fraction of sp³-hybridized carbons (Fsp3) is 0.556. The van der Waals surface area contributed by atoms with E-state index in [4.69, 9.17) is 9.84 Å². The number of benzene rings is 1. The second-order valence-corrected chi connectivity index (χ2v) is 8.63. The number of carbonyl (C=O) groups excluding carboxylic acids is 1. The largest absolute Gasteiger partial charge is 0.482 e. The Balaban J connectivity index is 2.11. The van der Waals surface area contributed by atoms with E-state index in [9.17, 15) is 18.0 Å². The van der Waals surface area contributed by atoms with Crippen LogP contribution in [0.5, 0.6) is 5.75 Å². The Morgan fingerprint density at radius 1 is 1.33 bits per heavy atom. The number of aryl methyl sites for hydroxylation is 1. The zero-order valence-corrected chi connectivity index (χ0v) is 16.4. The van der Waals surface area contributed by atoms with Gasteiger partial charge in [-0.2, -0.15) is 4.31 Å². The van der Waals surface area contributed by atoms with Crippen molar-refractivity contribution >= 4 is 27.6 Å². The van der Waals surface area contributed by atoms with Crippen molar-refractivity contribution in [3.8, 4) is 5.75 Å². The molecule has 0 aliphatic carbocycles. The molecule has 2 rings (SSSR count). The van der Waals surface area contributed by atoms with E-state index in [-0.39, 0.29) is 11.7 Å². The minimum absolute atomic E-state index is 0.0332. The van der Waals surface area contributed by atoms with Crippen LogP contribution in [-0.2, 0) is 19.6 Å². The van der Waals surface area contributed by atoms with Crippen molar-refractivity contribution < 1.29 is 27.9 Å². The third kappa shape index (κ3) is 5.67. The SMILES string of the molecule is CCCS(=O)(=O)N1CCCCC1C(=O)Nc1ccc(OCC(=O)O)cc1C. The van der Waals surface area contributed by atoms with Crippen molar-refractivity contribution in [3.63, 3.8) is 0 Å². The molecule has 150 valence electrons. The van der Waals surface area contributed by atoms with Crippen LogP contribution in [0.15, 0.2) is 18.2 Å². The number of nitrogens with one attached hydrogen (secondary N) is 1. The first-order chi connectivity index (χ1) is 12.7. The maximum absolute atomic E-state index is 12.8. The molecule has 0 saturated carbocycles. The molecule has 2 N–H and O–H groups in total. The number of amides is 1. The zero-order valence-electron chi connectivity index (χ0n) is 15.6. The molecule has 9 heteroatoms. The van der Waals surface area contributed by atoms with E-state index in [1.807, 2.05) is 0 Å². The molecule has 1 saturated heterocycles. The number of carboxylic acid groups (broad SMARTS) is 1. The second-order valence-electron chi connectivity index (χ2n) is 6.59. The lowest BCUT2D eigenvalue weighted by Crippen LogP contribution is -2.50. The number of carboxylic acids is 1. The molecule has 0 aromatic heterocycles. The first-order valence-electron chi connectivity index (χ1n) is 9.00. The summed E-state index contributed by atoms with van der Waals surface area (Å²) in [6, 6.07) is 4.11. The van der Waals surface area contributed by atoms with E-state index in [0.29, 0.717) is 36.4 Å². The van der Waals surface area contributed by atoms with Crippen molar-refractivity contribution in [1.82, 2.24) is 4.31 Å². The lowest BCUT2D eigenvalue weighted by atomic mass is 10.0. The number of carbonyl (C=O) groups is 2. The van der Waals surface area contributed by atoms with Crippen molar-refractivity contribution in [2.75, 3.05) is 24.2 Å². The number of hydrogen-bond donors (Lipinski definition) is 2. The molecule has 1 aromatic carbocycles. The topological polar surface area (TPSA) is 113 Å². The monoisotopic (exact) mass is 398 g/mol. The summed E-state index contributed by atoms with van der Waals surface area (Å²) in [5.74, 6) is -1.00. The lowest BCUT2D eigenvalue weighted by Gasteiger charge is -2.33. The van der Waals surface area contributed by atoms with E-state index >= 15 is 0 Å². The van der Waals surface area contributed by atoms with Gasteiger partial charge in [-0.1, -0.05) is 13.3 Å². The molecule has 1 fully saturated rings. The average Bonchev–Trinajstić information content (AvgIpc) is 2.62. The van der Waals surface area contributed by atoms with Gasteiger partial charge in [-0.05, 0) is 49.9 Å². The Morgan fingerprint density at radius 2 is 2.07 bits per heavy atom. The summed E-state index contributed by atoms with van der Waals surface area (Å²) in [7, 11) is -3.46. The first kappa shape index (κ1) is 21.2. The van der Waals surface area contributed by atoms with E-state index in [1.54, 1.807) is 32.0 Å². The van der Waals surface area contributed by atoms with Crippen LogP contribution in [0, 0.1) is 6.92 Å². The van der Waals surface area contributed by atoms with Crippen molar-refractivity contribution in [2.45, 2.75) is 45.6 Å². The van der Waals surface area contributed by atoms with Gasteiger partial charge in [0.1, 0.15) is 11.8 Å². The Kier molecular flexibility index (Phi) is 7.20. The third-order valence-corrected chi connectivity index (χ3v) is 6.47. The van der Waals surface area contributed by atoms with E-state index in [2.05, 4.69) is 5.32 Å². The van der Waals surface area contributed by atoms with Gasteiger partial charge in [0, 0.05) is 12.2 Å². The smallest absolute Gasteiger partial charge is 0.341 e. The number of aliphatic carboxylic acids is 1. The van der Waals surface area contributed by atoms with Crippen LogP contribution in [0.2, 0.25) is 0 Å². The lowest BCUT2D eigenvalue weighted by molar-refractivity contribution is -0.139. The highest BCUT2D eigenvalue weighted by Crippen LogP contribution is 2.25. The number of nitrogens with zero attached hydrogens (tertiary/aromatic N) is 1. The molecule has 0 radical (unpaired) electrons. The summed E-state index contributed by atoms with van der Waals surface area (Å²) in [4.78, 5) is 23.3. The van der Waals surface area contributed by atoms with E-state index < -0.39 is 28.6 Å². The fourth-order valence-corrected chi connectivity index (χ4v) is 4.85. The minimum atomic E-state index is -3.46. The number of ether oxygens (including phenoxy) is 1. The molecule has 1 heterocycles. The maximum Gasteiger partial charge on any atom is 0.341 e. The third-order valence-electron chi connectivity index (χ3n) is 4.39. The normalized spacial score (nSPS) is 18.1. The predicted molar refractivity (Wildman–Crippen MR) is 101 cm³/mol. The quantitative estimate of drug-likeness (QED) is 0.692. The van der Waals surface area contributed by atoms with Crippen LogP contribution in [-0.4, -0.2) is 54.7 Å². The zero-order chi connectivity index (χ0) is 20.0. The average molecular weight is 398 g/mol. The van der Waals surface area contributed by atoms with Gasteiger partial charge in [0.2, 0.25) is 15.9 Å². The number of hydrogen-bond acceptors (Lipinski definition) is 5. The Morgan fingerprint density at radius 3 is 2.70 bits per heavy atom. The summed E-state index contributed by atoms with van der Waals surface area (Å²) >= 11 is 0. The molecule has 0 bridgehead atoms. The fourth-order valence-electron chi connectivity index (χ4n) is 3.10. The molecule has 1 amide bonds. The molecule has 27 heavy (non-hydrogen) atoms.